The van der Waals surface area contributed by atoms with Crippen LogP contribution in [0.5, 0.6) is 5.75 Å². The minimum absolute atomic E-state index is 0.724. The fraction of sp³-hybridized carbons (Fsp3) is 0.150. The number of hydrogen-bond donors (Lipinski definition) is 0. The van der Waals surface area contributed by atoms with Gasteiger partial charge < -0.3 is 9.30 Å². The smallest absolute Gasteiger partial charge is 0.118 e. The molecule has 0 radical (unpaired) electrons. The summed E-state index contributed by atoms with van der Waals surface area (Å²) >= 11 is 0. The minimum atomic E-state index is 0.724. The van der Waals surface area contributed by atoms with Crippen LogP contribution in [-0.4, -0.2) is 11.7 Å². The predicted molar refractivity (Wildman–Crippen MR) is 90.3 cm³/mol. The second-order valence-corrected chi connectivity index (χ2v) is 5.71. The molecule has 0 aliphatic carbocycles. The first-order valence-electron chi connectivity index (χ1n) is 7.67. The fourth-order valence-electron chi connectivity index (χ4n) is 3.37. The molecule has 1 aliphatic rings. The first-order chi connectivity index (χ1) is 11.3. The monoisotopic (exact) mass is 300 g/mol. The van der Waals surface area contributed by atoms with E-state index in [4.69, 9.17) is 4.74 Å². The molecule has 0 bridgehead atoms. The maximum atomic E-state index is 9.59. The van der Waals surface area contributed by atoms with Gasteiger partial charge in [0.15, 0.2) is 0 Å². The van der Waals surface area contributed by atoms with Crippen LogP contribution in [0.3, 0.4) is 0 Å². The van der Waals surface area contributed by atoms with Crippen molar-refractivity contribution >= 4 is 0 Å². The number of aryl methyl sites for hydroxylation is 2. The summed E-state index contributed by atoms with van der Waals surface area (Å²) in [6.45, 7) is 0.914. The Kier molecular flexibility index (Phi) is 3.17. The fourth-order valence-corrected chi connectivity index (χ4v) is 3.37. The van der Waals surface area contributed by atoms with Gasteiger partial charge in [-0.05, 0) is 29.7 Å². The third-order valence-corrected chi connectivity index (χ3v) is 4.47. The van der Waals surface area contributed by atoms with Crippen LogP contribution in [-0.2, 0) is 13.0 Å². The Bertz CT molecular complexity index is 914. The summed E-state index contributed by atoms with van der Waals surface area (Å²) in [5.74, 6) is 0.820. The van der Waals surface area contributed by atoms with Crippen molar-refractivity contribution in [2.75, 3.05) is 7.11 Å². The van der Waals surface area contributed by atoms with Crippen LogP contribution in [0, 0.1) is 11.3 Å². The van der Waals surface area contributed by atoms with Crippen LogP contribution in [0.2, 0.25) is 0 Å². The van der Waals surface area contributed by atoms with Crippen LogP contribution in [0.1, 0.15) is 11.1 Å². The Morgan fingerprint density at radius 3 is 2.61 bits per heavy atom. The van der Waals surface area contributed by atoms with Crippen LogP contribution >= 0.6 is 0 Å². The highest BCUT2D eigenvalue weighted by molar-refractivity contribution is 5.88. The van der Waals surface area contributed by atoms with Crippen molar-refractivity contribution in [3.05, 3.63) is 65.9 Å². The van der Waals surface area contributed by atoms with Gasteiger partial charge in [-0.2, -0.15) is 5.26 Å². The number of aromatic nitrogens is 1. The van der Waals surface area contributed by atoms with E-state index in [1.54, 1.807) is 7.11 Å². The Morgan fingerprint density at radius 1 is 1.09 bits per heavy atom. The minimum Gasteiger partial charge on any atom is -0.497 e. The average Bonchev–Trinajstić information content (AvgIpc) is 3.01. The number of benzene rings is 2. The van der Waals surface area contributed by atoms with Crippen molar-refractivity contribution in [1.29, 1.82) is 5.26 Å². The van der Waals surface area contributed by atoms with Gasteiger partial charge in [0.2, 0.25) is 0 Å². The van der Waals surface area contributed by atoms with E-state index in [9.17, 15) is 5.26 Å². The normalized spacial score (nSPS) is 12.2. The number of fused-ring (bicyclic) bond motifs is 3. The number of hydrogen-bond acceptors (Lipinski definition) is 2. The van der Waals surface area contributed by atoms with Crippen LogP contribution in [0.15, 0.2) is 54.7 Å². The zero-order chi connectivity index (χ0) is 15.8. The van der Waals surface area contributed by atoms with E-state index in [1.165, 1.54) is 11.1 Å². The standard InChI is InChI=1S/C20H16N2O/c1-23-17-8-6-15(7-9-17)19-16(12-21)13-22-11-10-14-4-2-3-5-18(14)20(19)22/h2-9,13H,10-11H2,1H3. The summed E-state index contributed by atoms with van der Waals surface area (Å²) in [4.78, 5) is 0. The third kappa shape index (κ3) is 2.11. The Labute approximate surface area is 135 Å². The van der Waals surface area contributed by atoms with Gasteiger partial charge in [0, 0.05) is 23.9 Å². The maximum Gasteiger partial charge on any atom is 0.118 e. The molecule has 23 heavy (non-hydrogen) atoms. The molecule has 4 rings (SSSR count). The Balaban J connectivity index is 1.97. The summed E-state index contributed by atoms with van der Waals surface area (Å²) in [5, 5.41) is 9.59. The lowest BCUT2D eigenvalue weighted by atomic mass is 9.92. The largest absolute Gasteiger partial charge is 0.497 e. The lowest BCUT2D eigenvalue weighted by molar-refractivity contribution is 0.415. The number of nitriles is 1. The van der Waals surface area contributed by atoms with Gasteiger partial charge in [-0.3, -0.25) is 0 Å². The van der Waals surface area contributed by atoms with Gasteiger partial charge in [0.1, 0.15) is 11.8 Å². The van der Waals surface area contributed by atoms with Crippen LogP contribution < -0.4 is 4.74 Å². The molecule has 0 saturated heterocycles. The Morgan fingerprint density at radius 2 is 1.87 bits per heavy atom. The van der Waals surface area contributed by atoms with E-state index in [0.717, 1.165) is 41.1 Å². The third-order valence-electron chi connectivity index (χ3n) is 4.47. The average molecular weight is 300 g/mol. The lowest BCUT2D eigenvalue weighted by Crippen LogP contribution is -2.09. The van der Waals surface area contributed by atoms with Gasteiger partial charge >= 0.3 is 0 Å². The number of ether oxygens (including phenoxy) is 1. The van der Waals surface area contributed by atoms with Crippen LogP contribution in [0.25, 0.3) is 22.4 Å². The highest BCUT2D eigenvalue weighted by atomic mass is 16.5. The summed E-state index contributed by atoms with van der Waals surface area (Å²) in [6.07, 6.45) is 2.98. The molecule has 3 heteroatoms. The van der Waals surface area contributed by atoms with Gasteiger partial charge in [-0.1, -0.05) is 36.4 Å². The molecule has 0 N–H and O–H groups in total. The van der Waals surface area contributed by atoms with Crippen molar-refractivity contribution in [2.24, 2.45) is 0 Å². The summed E-state index contributed by atoms with van der Waals surface area (Å²) < 4.78 is 7.45. The van der Waals surface area contributed by atoms with Gasteiger partial charge in [-0.25, -0.2) is 0 Å². The zero-order valence-electron chi connectivity index (χ0n) is 12.9. The van der Waals surface area contributed by atoms with Crippen molar-refractivity contribution in [3.8, 4) is 34.2 Å². The predicted octanol–water partition coefficient (Wildman–Crippen LogP) is 4.26. The number of methoxy groups -OCH3 is 1. The summed E-state index contributed by atoms with van der Waals surface area (Å²) in [7, 11) is 1.66. The van der Waals surface area contributed by atoms with E-state index < -0.39 is 0 Å². The quantitative estimate of drug-likeness (QED) is 0.709. The maximum absolute atomic E-state index is 9.59. The molecule has 1 aliphatic heterocycles. The molecular weight excluding hydrogens is 284 g/mol. The van der Waals surface area contributed by atoms with Crippen molar-refractivity contribution in [2.45, 2.75) is 13.0 Å². The SMILES string of the molecule is COc1ccc(-c2c(C#N)cn3c2-c2ccccc2CC3)cc1. The molecule has 0 amide bonds. The molecule has 2 aromatic carbocycles. The van der Waals surface area contributed by atoms with E-state index in [-0.39, 0.29) is 0 Å². The number of nitrogens with zero attached hydrogens (tertiary/aromatic N) is 2. The zero-order valence-corrected chi connectivity index (χ0v) is 12.9. The van der Waals surface area contributed by atoms with Crippen LogP contribution in [0.4, 0.5) is 0 Å². The summed E-state index contributed by atoms with van der Waals surface area (Å²) in [6, 6.07) is 18.7. The van der Waals surface area contributed by atoms with E-state index in [1.807, 2.05) is 30.5 Å². The van der Waals surface area contributed by atoms with E-state index in [2.05, 4.69) is 34.9 Å². The second kappa shape index (κ2) is 5.33. The molecule has 0 atom stereocenters. The molecule has 0 unspecified atom stereocenters. The van der Waals surface area contributed by atoms with E-state index >= 15 is 0 Å². The highest BCUT2D eigenvalue weighted by Gasteiger charge is 2.23. The number of rotatable bonds is 2. The molecule has 0 spiro atoms. The van der Waals surface area contributed by atoms with E-state index in [0.29, 0.717) is 0 Å². The second-order valence-electron chi connectivity index (χ2n) is 5.71. The molecule has 3 aromatic rings. The summed E-state index contributed by atoms with van der Waals surface area (Å²) in [5.41, 5.74) is 6.51. The van der Waals surface area contributed by atoms with Crippen molar-refractivity contribution < 1.29 is 4.74 Å². The van der Waals surface area contributed by atoms with Gasteiger partial charge in [0.05, 0.1) is 18.4 Å². The van der Waals surface area contributed by atoms with Gasteiger partial charge in [-0.15, -0.1) is 0 Å². The Hall–Kier alpha value is -2.99. The molecule has 1 aromatic heterocycles. The first-order valence-corrected chi connectivity index (χ1v) is 7.67. The molecule has 2 heterocycles. The lowest BCUT2D eigenvalue weighted by Gasteiger charge is -2.20. The van der Waals surface area contributed by atoms with Crippen molar-refractivity contribution in [1.82, 2.24) is 4.57 Å². The molecular formula is C20H16N2O. The van der Waals surface area contributed by atoms with Gasteiger partial charge in [0.25, 0.3) is 0 Å². The molecule has 112 valence electrons. The molecule has 3 nitrogen and oxygen atoms in total. The topological polar surface area (TPSA) is 37.9 Å². The van der Waals surface area contributed by atoms with Crippen molar-refractivity contribution in [3.63, 3.8) is 0 Å². The first kappa shape index (κ1) is 13.7. The highest BCUT2D eigenvalue weighted by Crippen LogP contribution is 2.40. The molecule has 0 fully saturated rings. The molecule has 0 saturated carbocycles.